The van der Waals surface area contributed by atoms with Gasteiger partial charge in [0.15, 0.2) is 0 Å². The topological polar surface area (TPSA) is 12.0 Å². The molecule has 1 nitrogen and oxygen atoms in total. The number of rotatable bonds is 2. The van der Waals surface area contributed by atoms with E-state index >= 15 is 0 Å². The lowest BCUT2D eigenvalue weighted by atomic mass is 9.95. The molecule has 0 heterocycles. The van der Waals surface area contributed by atoms with Crippen molar-refractivity contribution in [2.75, 3.05) is 5.32 Å². The monoisotopic (exact) mass is 301 g/mol. The van der Waals surface area contributed by atoms with Crippen molar-refractivity contribution in [1.29, 1.82) is 0 Å². The van der Waals surface area contributed by atoms with Crippen LogP contribution in [0.3, 0.4) is 0 Å². The number of hydrogen-bond donors (Lipinski definition) is 1. The Balaban J connectivity index is 1.95. The molecule has 14 heavy (non-hydrogen) atoms. The van der Waals surface area contributed by atoms with Crippen molar-refractivity contribution in [2.24, 2.45) is 0 Å². The molecule has 76 valence electrons. The van der Waals surface area contributed by atoms with Crippen molar-refractivity contribution < 1.29 is 0 Å². The summed E-state index contributed by atoms with van der Waals surface area (Å²) in [4.78, 5) is 0. The molecule has 0 amide bonds. The van der Waals surface area contributed by atoms with Crippen LogP contribution in [0.2, 0.25) is 0 Å². The molecule has 2 heteroatoms. The van der Waals surface area contributed by atoms with E-state index in [1.807, 2.05) is 0 Å². The van der Waals surface area contributed by atoms with Gasteiger partial charge in [0.1, 0.15) is 0 Å². The molecule has 0 aliphatic heterocycles. The number of benzene rings is 1. The van der Waals surface area contributed by atoms with E-state index in [-0.39, 0.29) is 0 Å². The summed E-state index contributed by atoms with van der Waals surface area (Å²) >= 11 is 2.36. The highest BCUT2D eigenvalue weighted by molar-refractivity contribution is 14.1. The van der Waals surface area contributed by atoms with Crippen LogP contribution in [0.1, 0.15) is 32.1 Å². The highest BCUT2D eigenvalue weighted by atomic mass is 127. The molecular weight excluding hydrogens is 285 g/mol. The quantitative estimate of drug-likeness (QED) is 0.813. The molecule has 1 aromatic carbocycles. The number of nitrogens with one attached hydrogen (secondary N) is 1. The van der Waals surface area contributed by atoms with Gasteiger partial charge in [-0.1, -0.05) is 25.3 Å². The third-order valence-electron chi connectivity index (χ3n) is 2.80. The maximum atomic E-state index is 3.62. The van der Waals surface area contributed by atoms with Crippen molar-refractivity contribution in [3.63, 3.8) is 0 Å². The highest BCUT2D eigenvalue weighted by Crippen LogP contribution is 2.22. The lowest BCUT2D eigenvalue weighted by Gasteiger charge is -2.23. The minimum atomic E-state index is 0.710. The van der Waals surface area contributed by atoms with Gasteiger partial charge in [-0.2, -0.15) is 0 Å². The van der Waals surface area contributed by atoms with Crippen LogP contribution in [0.25, 0.3) is 0 Å². The molecule has 0 aromatic heterocycles. The molecule has 1 aliphatic rings. The first-order valence-electron chi connectivity index (χ1n) is 5.37. The third-order valence-corrected chi connectivity index (χ3v) is 3.47. The Bertz CT molecular complexity index is 292. The minimum Gasteiger partial charge on any atom is -0.382 e. The molecule has 2 rings (SSSR count). The van der Waals surface area contributed by atoms with E-state index < -0.39 is 0 Å². The maximum Gasteiger partial charge on any atom is 0.0352 e. The van der Waals surface area contributed by atoms with Crippen LogP contribution in [0.4, 0.5) is 5.69 Å². The van der Waals surface area contributed by atoms with E-state index in [2.05, 4.69) is 52.2 Å². The number of anilines is 1. The van der Waals surface area contributed by atoms with Gasteiger partial charge in [0, 0.05) is 15.3 Å². The van der Waals surface area contributed by atoms with Crippen LogP contribution >= 0.6 is 22.6 Å². The largest absolute Gasteiger partial charge is 0.382 e. The first-order chi connectivity index (χ1) is 6.84. The molecule has 0 saturated heterocycles. The second kappa shape index (κ2) is 5.01. The van der Waals surface area contributed by atoms with E-state index in [1.54, 1.807) is 0 Å². The SMILES string of the molecule is Ic1cccc(NC2CCCCC2)c1. The second-order valence-electron chi connectivity index (χ2n) is 3.99. The smallest absolute Gasteiger partial charge is 0.0352 e. The Morgan fingerprint density at radius 3 is 2.64 bits per heavy atom. The normalized spacial score (nSPS) is 18.1. The van der Waals surface area contributed by atoms with E-state index in [0.717, 1.165) is 0 Å². The van der Waals surface area contributed by atoms with Gasteiger partial charge in [-0.15, -0.1) is 0 Å². The summed E-state index contributed by atoms with van der Waals surface area (Å²) < 4.78 is 1.31. The Morgan fingerprint density at radius 2 is 1.93 bits per heavy atom. The van der Waals surface area contributed by atoms with Gasteiger partial charge < -0.3 is 5.32 Å². The molecule has 1 N–H and O–H groups in total. The Hall–Kier alpha value is -0.250. The molecule has 0 bridgehead atoms. The van der Waals surface area contributed by atoms with Gasteiger partial charge in [0.05, 0.1) is 0 Å². The summed E-state index contributed by atoms with van der Waals surface area (Å²) in [6.45, 7) is 0. The molecule has 1 saturated carbocycles. The van der Waals surface area contributed by atoms with Gasteiger partial charge in [-0.05, 0) is 53.6 Å². The summed E-state index contributed by atoms with van der Waals surface area (Å²) in [5.74, 6) is 0. The molecule has 0 unspecified atom stereocenters. The van der Waals surface area contributed by atoms with Crippen LogP contribution in [-0.4, -0.2) is 6.04 Å². The van der Waals surface area contributed by atoms with E-state index in [0.29, 0.717) is 6.04 Å². The number of hydrogen-bond acceptors (Lipinski definition) is 1. The predicted molar refractivity (Wildman–Crippen MR) is 69.7 cm³/mol. The highest BCUT2D eigenvalue weighted by Gasteiger charge is 2.12. The fraction of sp³-hybridized carbons (Fsp3) is 0.500. The zero-order valence-corrected chi connectivity index (χ0v) is 10.5. The molecule has 0 spiro atoms. The molecule has 0 radical (unpaired) electrons. The second-order valence-corrected chi connectivity index (χ2v) is 5.24. The fourth-order valence-electron chi connectivity index (χ4n) is 2.06. The van der Waals surface area contributed by atoms with E-state index in [9.17, 15) is 0 Å². The molecule has 1 fully saturated rings. The minimum absolute atomic E-state index is 0.710. The van der Waals surface area contributed by atoms with Gasteiger partial charge in [-0.3, -0.25) is 0 Å². The summed E-state index contributed by atoms with van der Waals surface area (Å²) in [6, 6.07) is 9.34. The molecule has 1 aromatic rings. The zero-order chi connectivity index (χ0) is 9.80. The summed E-state index contributed by atoms with van der Waals surface area (Å²) in [6.07, 6.45) is 6.88. The van der Waals surface area contributed by atoms with Crippen molar-refractivity contribution in [1.82, 2.24) is 0 Å². The maximum absolute atomic E-state index is 3.62. The van der Waals surface area contributed by atoms with Crippen molar-refractivity contribution in [2.45, 2.75) is 38.1 Å². The predicted octanol–water partition coefficient (Wildman–Crippen LogP) is 4.04. The lowest BCUT2D eigenvalue weighted by Crippen LogP contribution is -2.22. The summed E-state index contributed by atoms with van der Waals surface area (Å²) in [7, 11) is 0. The van der Waals surface area contributed by atoms with Gasteiger partial charge in [0.2, 0.25) is 0 Å². The van der Waals surface area contributed by atoms with Gasteiger partial charge >= 0.3 is 0 Å². The zero-order valence-electron chi connectivity index (χ0n) is 8.30. The van der Waals surface area contributed by atoms with Crippen molar-refractivity contribution in [3.8, 4) is 0 Å². The first-order valence-corrected chi connectivity index (χ1v) is 6.44. The van der Waals surface area contributed by atoms with E-state index in [4.69, 9.17) is 0 Å². The summed E-state index contributed by atoms with van der Waals surface area (Å²) in [5, 5.41) is 3.62. The molecular formula is C12H16IN. The molecule has 1 aliphatic carbocycles. The average Bonchev–Trinajstić information content (AvgIpc) is 2.19. The Labute approximate surface area is 99.4 Å². The van der Waals surface area contributed by atoms with Crippen LogP contribution in [-0.2, 0) is 0 Å². The number of halogens is 1. The summed E-state index contributed by atoms with van der Waals surface area (Å²) in [5.41, 5.74) is 1.28. The Morgan fingerprint density at radius 1 is 1.14 bits per heavy atom. The standard InChI is InChI=1S/C12H16IN/c13-10-5-4-8-12(9-10)14-11-6-2-1-3-7-11/h4-5,8-9,11,14H,1-3,6-7H2. The van der Waals surface area contributed by atoms with Crippen LogP contribution in [0, 0.1) is 3.57 Å². The van der Waals surface area contributed by atoms with Crippen LogP contribution in [0.5, 0.6) is 0 Å². The van der Waals surface area contributed by atoms with Gasteiger partial charge in [0.25, 0.3) is 0 Å². The van der Waals surface area contributed by atoms with Crippen LogP contribution < -0.4 is 5.32 Å². The fourth-order valence-corrected chi connectivity index (χ4v) is 2.60. The lowest BCUT2D eigenvalue weighted by molar-refractivity contribution is 0.463. The van der Waals surface area contributed by atoms with Crippen molar-refractivity contribution in [3.05, 3.63) is 27.8 Å². The molecule has 0 atom stereocenters. The average molecular weight is 301 g/mol. The van der Waals surface area contributed by atoms with Crippen LogP contribution in [0.15, 0.2) is 24.3 Å². The Kier molecular flexibility index (Phi) is 3.67. The third kappa shape index (κ3) is 2.87. The first kappa shape index (κ1) is 10.3. The van der Waals surface area contributed by atoms with E-state index in [1.165, 1.54) is 41.4 Å². The van der Waals surface area contributed by atoms with Crippen molar-refractivity contribution >= 4 is 28.3 Å². The van der Waals surface area contributed by atoms with Gasteiger partial charge in [-0.25, -0.2) is 0 Å².